The van der Waals surface area contributed by atoms with Crippen LogP contribution in [-0.4, -0.2) is 14.8 Å². The molecule has 0 saturated carbocycles. The Morgan fingerprint density at radius 1 is 2.00 bits per heavy atom. The Morgan fingerprint density at radius 3 is 2.20 bits per heavy atom. The standard InChI is InChI=1S/C2H4OS2/c1-5(3)2-4/h2,4H,1H2. The van der Waals surface area contributed by atoms with Crippen molar-refractivity contribution in [3.63, 3.8) is 0 Å². The first-order valence-corrected chi connectivity index (χ1v) is 2.85. The van der Waals surface area contributed by atoms with Gasteiger partial charge < -0.3 is 0 Å². The van der Waals surface area contributed by atoms with Crippen molar-refractivity contribution in [1.29, 1.82) is 0 Å². The third kappa shape index (κ3) is 4.11. The average Bonchev–Trinajstić information content (AvgIpc) is 1.38. The second-order valence-corrected chi connectivity index (χ2v) is 2.09. The molecule has 3 heteroatoms. The Labute approximate surface area is 38.0 Å². The minimum absolute atomic E-state index is 1.08. The third-order valence-electron chi connectivity index (χ3n) is 0.118. The van der Waals surface area contributed by atoms with Gasteiger partial charge in [0, 0.05) is 14.7 Å². The van der Waals surface area contributed by atoms with Gasteiger partial charge in [0.1, 0.15) is 0 Å². The van der Waals surface area contributed by atoms with Crippen LogP contribution < -0.4 is 0 Å². The average molecular weight is 108 g/mol. The van der Waals surface area contributed by atoms with Crippen LogP contribution >= 0.6 is 12.6 Å². The summed E-state index contributed by atoms with van der Waals surface area (Å²) in [4.78, 5) is 0. The van der Waals surface area contributed by atoms with Crippen LogP contribution in [0.1, 0.15) is 0 Å². The molecule has 0 radical (unpaired) electrons. The summed E-state index contributed by atoms with van der Waals surface area (Å²) in [7, 11) is -1.08. The van der Waals surface area contributed by atoms with Gasteiger partial charge in [0.15, 0.2) is 0 Å². The molecular weight excluding hydrogens is 104 g/mol. The summed E-state index contributed by atoms with van der Waals surface area (Å²) in [6.45, 7) is 0. The fourth-order valence-corrected chi connectivity index (χ4v) is 0. The molecule has 0 aromatic heterocycles. The molecule has 0 aliphatic heterocycles. The van der Waals surface area contributed by atoms with Crippen LogP contribution in [0.25, 0.3) is 0 Å². The van der Waals surface area contributed by atoms with E-state index < -0.39 is 9.98 Å². The van der Waals surface area contributed by atoms with Gasteiger partial charge in [0.05, 0.1) is 0 Å². The quantitative estimate of drug-likeness (QED) is 0.337. The lowest BCUT2D eigenvalue weighted by Crippen LogP contribution is -1.50. The molecule has 0 atom stereocenters. The van der Waals surface area contributed by atoms with Crippen LogP contribution in [0.3, 0.4) is 0 Å². The summed E-state index contributed by atoms with van der Waals surface area (Å²) in [5.74, 6) is 3.10. The Balaban J connectivity index is 4.25. The number of thiol groups is 1. The van der Waals surface area contributed by atoms with Gasteiger partial charge >= 0.3 is 0 Å². The van der Waals surface area contributed by atoms with E-state index in [9.17, 15) is 4.21 Å². The summed E-state index contributed by atoms with van der Waals surface area (Å²) in [5, 5.41) is 0. The molecule has 0 unspecified atom stereocenters. The van der Waals surface area contributed by atoms with E-state index in [4.69, 9.17) is 0 Å². The maximum absolute atomic E-state index is 9.68. The molecule has 0 aliphatic rings. The second-order valence-electron chi connectivity index (χ2n) is 0.486. The first-order chi connectivity index (χ1) is 2.27. The topological polar surface area (TPSA) is 17.1 Å². The highest BCUT2D eigenvalue weighted by Crippen LogP contribution is 1.48. The summed E-state index contributed by atoms with van der Waals surface area (Å²) in [5.41, 5.74) is 0. The van der Waals surface area contributed by atoms with Gasteiger partial charge in [-0.05, 0) is 5.87 Å². The maximum atomic E-state index is 9.68. The van der Waals surface area contributed by atoms with Crippen LogP contribution in [0.15, 0.2) is 0 Å². The predicted octanol–water partition coefficient (Wildman–Crippen LogP) is -0.143. The van der Waals surface area contributed by atoms with Crippen molar-refractivity contribution in [3.05, 3.63) is 0 Å². The Hall–Kier alpha value is 0.110. The predicted molar refractivity (Wildman–Crippen MR) is 30.3 cm³/mol. The highest BCUT2D eigenvalue weighted by atomic mass is 32.2. The van der Waals surface area contributed by atoms with Crippen LogP contribution in [-0.2, 0) is 9.98 Å². The summed E-state index contributed by atoms with van der Waals surface area (Å²) in [6.07, 6.45) is 0. The Morgan fingerprint density at radius 2 is 2.20 bits per heavy atom. The van der Waals surface area contributed by atoms with Crippen molar-refractivity contribution in [2.75, 3.05) is 0 Å². The SMILES string of the molecule is C=S(=O)=CS. The van der Waals surface area contributed by atoms with Gasteiger partial charge in [-0.3, -0.25) is 0 Å². The highest BCUT2D eigenvalue weighted by molar-refractivity contribution is 8.08. The van der Waals surface area contributed by atoms with E-state index in [0.717, 1.165) is 0 Å². The van der Waals surface area contributed by atoms with Crippen molar-refractivity contribution in [3.8, 4) is 0 Å². The lowest BCUT2D eigenvalue weighted by molar-refractivity contribution is 0.700. The number of rotatable bonds is 0. The molecule has 0 bridgehead atoms. The normalized spacial score (nSPS) is 6.60. The van der Waals surface area contributed by atoms with Crippen LogP contribution in [0.2, 0.25) is 0 Å². The number of hydrogen-bond acceptors (Lipinski definition) is 1. The summed E-state index contributed by atoms with van der Waals surface area (Å²) < 4.78 is 10.9. The zero-order valence-electron chi connectivity index (χ0n) is 2.55. The van der Waals surface area contributed by atoms with E-state index in [1.165, 1.54) is 4.70 Å². The lowest BCUT2D eigenvalue weighted by Gasteiger charge is -1.44. The van der Waals surface area contributed by atoms with Gasteiger partial charge in [-0.2, -0.15) is 0 Å². The number of hydrogen-bond donors (Lipinski definition) is 1. The van der Waals surface area contributed by atoms with E-state index in [0.29, 0.717) is 0 Å². The van der Waals surface area contributed by atoms with Gasteiger partial charge in [-0.25, -0.2) is 4.21 Å². The van der Waals surface area contributed by atoms with Crippen molar-refractivity contribution in [1.82, 2.24) is 0 Å². The molecule has 0 fully saturated rings. The van der Waals surface area contributed by atoms with E-state index in [2.05, 4.69) is 18.5 Å². The first kappa shape index (κ1) is 5.11. The molecule has 0 aromatic rings. The lowest BCUT2D eigenvalue weighted by atomic mass is 11.9. The minimum Gasteiger partial charge on any atom is -0.225 e. The van der Waals surface area contributed by atoms with Crippen LogP contribution in [0.5, 0.6) is 0 Å². The van der Waals surface area contributed by atoms with Crippen molar-refractivity contribution < 1.29 is 4.21 Å². The maximum Gasteiger partial charge on any atom is 0.0479 e. The van der Waals surface area contributed by atoms with Crippen LogP contribution in [0, 0.1) is 0 Å². The molecule has 5 heavy (non-hydrogen) atoms. The molecule has 0 amide bonds. The van der Waals surface area contributed by atoms with E-state index in [-0.39, 0.29) is 0 Å². The highest BCUT2D eigenvalue weighted by Gasteiger charge is 1.39. The van der Waals surface area contributed by atoms with Crippen molar-refractivity contribution in [2.24, 2.45) is 0 Å². The monoisotopic (exact) mass is 108 g/mol. The second kappa shape index (κ2) is 2.35. The smallest absolute Gasteiger partial charge is 0.0479 e. The van der Waals surface area contributed by atoms with Gasteiger partial charge in [0.2, 0.25) is 0 Å². The van der Waals surface area contributed by atoms with E-state index in [1.807, 2.05) is 0 Å². The molecule has 0 aliphatic carbocycles. The molecule has 0 aromatic carbocycles. The Kier molecular flexibility index (Phi) is 2.41. The molecule has 30 valence electrons. The van der Waals surface area contributed by atoms with Gasteiger partial charge in [-0.1, -0.05) is 0 Å². The minimum atomic E-state index is -1.08. The summed E-state index contributed by atoms with van der Waals surface area (Å²) >= 11 is 3.53. The van der Waals surface area contributed by atoms with E-state index in [1.54, 1.807) is 0 Å². The molecular formula is C2H4OS2. The fourth-order valence-electron chi connectivity index (χ4n) is 0. The largest absolute Gasteiger partial charge is 0.225 e. The molecule has 0 saturated heterocycles. The van der Waals surface area contributed by atoms with Crippen molar-refractivity contribution >= 4 is 33.2 Å². The zero-order valence-corrected chi connectivity index (χ0v) is 4.26. The fraction of sp³-hybridized carbons (Fsp3) is 0. The van der Waals surface area contributed by atoms with Crippen LogP contribution in [0.4, 0.5) is 0 Å². The Bertz CT molecular complexity index is 111. The molecule has 1 nitrogen and oxygen atoms in total. The molecule has 0 heterocycles. The first-order valence-electron chi connectivity index (χ1n) is 0.949. The van der Waals surface area contributed by atoms with Gasteiger partial charge in [0.25, 0.3) is 0 Å². The third-order valence-corrected chi connectivity index (χ3v) is 1.06. The zero-order chi connectivity index (χ0) is 4.28. The molecule has 0 N–H and O–H groups in total. The van der Waals surface area contributed by atoms with Crippen molar-refractivity contribution in [2.45, 2.75) is 0 Å². The summed E-state index contributed by atoms with van der Waals surface area (Å²) in [6, 6.07) is 0. The van der Waals surface area contributed by atoms with E-state index >= 15 is 0 Å². The molecule has 0 rings (SSSR count). The van der Waals surface area contributed by atoms with Gasteiger partial charge in [-0.15, -0.1) is 12.6 Å². The molecule has 0 spiro atoms.